The van der Waals surface area contributed by atoms with E-state index in [9.17, 15) is 4.79 Å². The van der Waals surface area contributed by atoms with E-state index >= 15 is 0 Å². The van der Waals surface area contributed by atoms with Crippen molar-refractivity contribution in [3.63, 3.8) is 0 Å². The van der Waals surface area contributed by atoms with Gasteiger partial charge in [-0.2, -0.15) is 0 Å². The molecule has 3 unspecified atom stereocenters. The average Bonchev–Trinajstić information content (AvgIpc) is 2.79. The lowest BCUT2D eigenvalue weighted by atomic mass is 10.1. The zero-order valence-electron chi connectivity index (χ0n) is 13.8. The maximum absolute atomic E-state index is 12.3. The van der Waals surface area contributed by atoms with E-state index in [0.717, 1.165) is 26.2 Å². The summed E-state index contributed by atoms with van der Waals surface area (Å²) in [6.07, 6.45) is 0.547. The van der Waals surface area contributed by atoms with Gasteiger partial charge in [-0.1, -0.05) is 6.92 Å². The van der Waals surface area contributed by atoms with Gasteiger partial charge in [0.1, 0.15) is 0 Å². The second-order valence-corrected chi connectivity index (χ2v) is 6.12. The van der Waals surface area contributed by atoms with Crippen LogP contribution in [0, 0.1) is 5.92 Å². The van der Waals surface area contributed by atoms with Crippen molar-refractivity contribution in [3.05, 3.63) is 0 Å². The molecule has 5 nitrogen and oxygen atoms in total. The van der Waals surface area contributed by atoms with Crippen LogP contribution < -0.4 is 5.73 Å². The molecule has 1 amide bonds. The van der Waals surface area contributed by atoms with Crippen LogP contribution in [0.25, 0.3) is 0 Å². The fourth-order valence-electron chi connectivity index (χ4n) is 3.23. The van der Waals surface area contributed by atoms with Gasteiger partial charge >= 0.3 is 0 Å². The first kappa shape index (κ1) is 17.4. The second-order valence-electron chi connectivity index (χ2n) is 6.12. The van der Waals surface area contributed by atoms with E-state index in [1.54, 1.807) is 0 Å². The lowest BCUT2D eigenvalue weighted by Gasteiger charge is -2.29. The van der Waals surface area contributed by atoms with E-state index in [4.69, 9.17) is 5.73 Å². The number of rotatable bonds is 7. The van der Waals surface area contributed by atoms with Crippen molar-refractivity contribution < 1.29 is 4.79 Å². The Morgan fingerprint density at radius 3 is 2.30 bits per heavy atom. The van der Waals surface area contributed by atoms with Gasteiger partial charge in [-0.25, -0.2) is 0 Å². The Morgan fingerprint density at radius 1 is 1.30 bits per heavy atom. The summed E-state index contributed by atoms with van der Waals surface area (Å²) in [6, 6.07) is 0.739. The molecule has 5 heteroatoms. The summed E-state index contributed by atoms with van der Waals surface area (Å²) in [5.74, 6) is 0.856. The topological polar surface area (TPSA) is 52.8 Å². The molecule has 0 radical (unpaired) electrons. The minimum absolute atomic E-state index is 0.176. The highest BCUT2D eigenvalue weighted by molar-refractivity contribution is 5.76. The molecule has 0 aromatic carbocycles. The molecule has 0 aromatic heterocycles. The van der Waals surface area contributed by atoms with Gasteiger partial charge in [-0.05, 0) is 33.9 Å². The van der Waals surface area contributed by atoms with Gasteiger partial charge in [-0.15, -0.1) is 0 Å². The zero-order chi connectivity index (χ0) is 15.3. The summed E-state index contributed by atoms with van der Waals surface area (Å²) < 4.78 is 0. The molecular weight excluding hydrogens is 252 g/mol. The molecule has 0 saturated carbocycles. The Kier molecular flexibility index (Phi) is 6.92. The first-order chi connectivity index (χ1) is 9.44. The number of likely N-dealkylation sites (N-methyl/N-ethyl adjacent to an activating group) is 1. The number of likely N-dealkylation sites (tertiary alicyclic amines) is 1. The van der Waals surface area contributed by atoms with Crippen LogP contribution in [0.2, 0.25) is 0 Å². The molecule has 1 fully saturated rings. The van der Waals surface area contributed by atoms with Gasteiger partial charge in [0, 0.05) is 51.2 Å². The number of carbonyl (C=O) groups excluding carboxylic acids is 1. The Balaban J connectivity index is 2.61. The van der Waals surface area contributed by atoms with E-state index < -0.39 is 0 Å². The fourth-order valence-corrected chi connectivity index (χ4v) is 3.23. The SMILES string of the molecule is CCN(CC)C(=O)CC(CN)N1CC(C)C(N(C)C)C1. The summed E-state index contributed by atoms with van der Waals surface area (Å²) in [5, 5.41) is 0. The summed E-state index contributed by atoms with van der Waals surface area (Å²) in [4.78, 5) is 18.8. The van der Waals surface area contributed by atoms with Crippen molar-refractivity contribution in [2.24, 2.45) is 11.7 Å². The van der Waals surface area contributed by atoms with E-state index in [0.29, 0.717) is 24.9 Å². The Morgan fingerprint density at radius 2 is 1.90 bits per heavy atom. The van der Waals surface area contributed by atoms with E-state index in [2.05, 4.69) is 30.8 Å². The zero-order valence-corrected chi connectivity index (χ0v) is 13.8. The predicted octanol–water partition coefficient (Wildman–Crippen LogP) is 0.454. The lowest BCUT2D eigenvalue weighted by Crippen LogP contribution is -2.45. The van der Waals surface area contributed by atoms with E-state index in [1.165, 1.54) is 0 Å². The molecule has 118 valence electrons. The molecule has 0 bridgehead atoms. The smallest absolute Gasteiger partial charge is 0.224 e. The van der Waals surface area contributed by atoms with Crippen molar-refractivity contribution in [1.82, 2.24) is 14.7 Å². The number of nitrogens with zero attached hydrogens (tertiary/aromatic N) is 3. The molecule has 2 N–H and O–H groups in total. The van der Waals surface area contributed by atoms with Crippen LogP contribution in [0.3, 0.4) is 0 Å². The maximum atomic E-state index is 12.3. The highest BCUT2D eigenvalue weighted by Gasteiger charge is 2.35. The summed E-state index contributed by atoms with van der Waals surface area (Å²) >= 11 is 0. The molecular formula is C15H32N4O. The molecule has 1 aliphatic rings. The molecule has 1 rings (SSSR count). The molecule has 0 aromatic rings. The van der Waals surface area contributed by atoms with Crippen molar-refractivity contribution >= 4 is 5.91 Å². The first-order valence-electron chi connectivity index (χ1n) is 7.82. The fraction of sp³-hybridized carbons (Fsp3) is 0.933. The quantitative estimate of drug-likeness (QED) is 0.738. The van der Waals surface area contributed by atoms with Gasteiger partial charge < -0.3 is 15.5 Å². The van der Waals surface area contributed by atoms with Crippen LogP contribution in [-0.4, -0.2) is 79.5 Å². The summed E-state index contributed by atoms with van der Waals surface area (Å²) in [7, 11) is 4.26. The molecule has 0 spiro atoms. The monoisotopic (exact) mass is 284 g/mol. The first-order valence-corrected chi connectivity index (χ1v) is 7.82. The maximum Gasteiger partial charge on any atom is 0.224 e. The minimum Gasteiger partial charge on any atom is -0.343 e. The van der Waals surface area contributed by atoms with Crippen LogP contribution in [-0.2, 0) is 4.79 Å². The average molecular weight is 284 g/mol. The number of nitrogens with two attached hydrogens (primary N) is 1. The summed E-state index contributed by atoms with van der Waals surface area (Å²) in [5.41, 5.74) is 5.92. The van der Waals surface area contributed by atoms with E-state index in [-0.39, 0.29) is 11.9 Å². The lowest BCUT2D eigenvalue weighted by molar-refractivity contribution is -0.132. The van der Waals surface area contributed by atoms with Crippen molar-refractivity contribution in [2.75, 3.05) is 46.8 Å². The van der Waals surface area contributed by atoms with Gasteiger partial charge in [-0.3, -0.25) is 9.69 Å². The van der Waals surface area contributed by atoms with Gasteiger partial charge in [0.25, 0.3) is 0 Å². The largest absolute Gasteiger partial charge is 0.343 e. The standard InChI is InChI=1S/C15H32N4O/c1-6-18(7-2)15(20)8-13(9-16)19-10-12(3)14(11-19)17(4)5/h12-14H,6-11,16H2,1-5H3. The Hall–Kier alpha value is -0.650. The molecule has 20 heavy (non-hydrogen) atoms. The van der Waals surface area contributed by atoms with Gasteiger partial charge in [0.15, 0.2) is 0 Å². The highest BCUT2D eigenvalue weighted by Crippen LogP contribution is 2.23. The summed E-state index contributed by atoms with van der Waals surface area (Å²) in [6.45, 7) is 10.5. The number of amides is 1. The number of hydrogen-bond donors (Lipinski definition) is 1. The number of hydrogen-bond acceptors (Lipinski definition) is 4. The predicted molar refractivity (Wildman–Crippen MR) is 83.6 cm³/mol. The third kappa shape index (κ3) is 4.17. The van der Waals surface area contributed by atoms with Crippen molar-refractivity contribution in [3.8, 4) is 0 Å². The second kappa shape index (κ2) is 7.96. The van der Waals surface area contributed by atoms with Gasteiger partial charge in [0.2, 0.25) is 5.91 Å². The Labute approximate surface area is 124 Å². The third-order valence-corrected chi connectivity index (χ3v) is 4.58. The van der Waals surface area contributed by atoms with Gasteiger partial charge in [0.05, 0.1) is 0 Å². The van der Waals surface area contributed by atoms with Crippen LogP contribution in [0.4, 0.5) is 0 Å². The van der Waals surface area contributed by atoms with Crippen LogP contribution in [0.1, 0.15) is 27.2 Å². The third-order valence-electron chi connectivity index (χ3n) is 4.58. The van der Waals surface area contributed by atoms with Crippen LogP contribution >= 0.6 is 0 Å². The molecule has 1 saturated heterocycles. The molecule has 3 atom stereocenters. The van der Waals surface area contributed by atoms with Crippen LogP contribution in [0.5, 0.6) is 0 Å². The van der Waals surface area contributed by atoms with Crippen LogP contribution in [0.15, 0.2) is 0 Å². The molecule has 1 aliphatic heterocycles. The number of carbonyl (C=O) groups is 1. The molecule has 0 aliphatic carbocycles. The van der Waals surface area contributed by atoms with Crippen molar-refractivity contribution in [1.29, 1.82) is 0 Å². The molecule has 1 heterocycles. The van der Waals surface area contributed by atoms with E-state index in [1.807, 2.05) is 18.7 Å². The normalized spacial score (nSPS) is 25.1. The minimum atomic E-state index is 0.176. The Bertz CT molecular complexity index is 304. The van der Waals surface area contributed by atoms with Crippen molar-refractivity contribution in [2.45, 2.75) is 39.3 Å². The highest BCUT2D eigenvalue weighted by atomic mass is 16.2.